The van der Waals surface area contributed by atoms with Crippen molar-refractivity contribution in [2.24, 2.45) is 11.8 Å². The first-order chi connectivity index (χ1) is 17.8. The summed E-state index contributed by atoms with van der Waals surface area (Å²) in [5, 5.41) is 26.2. The molecule has 1 aromatic carbocycles. The molecule has 0 radical (unpaired) electrons. The second kappa shape index (κ2) is 8.96. The Labute approximate surface area is 219 Å². The Hall–Kier alpha value is -3.77. The molecule has 0 spiro atoms. The van der Waals surface area contributed by atoms with E-state index >= 15 is 0 Å². The smallest absolute Gasteiger partial charge is 0.254 e. The molecule has 188 valence electrons. The van der Waals surface area contributed by atoms with Crippen molar-refractivity contribution in [3.63, 3.8) is 0 Å². The van der Waals surface area contributed by atoms with E-state index in [-0.39, 0.29) is 35.7 Å². The van der Waals surface area contributed by atoms with Gasteiger partial charge in [0.1, 0.15) is 0 Å². The van der Waals surface area contributed by atoms with E-state index in [9.17, 15) is 14.9 Å². The van der Waals surface area contributed by atoms with Crippen molar-refractivity contribution in [1.29, 1.82) is 5.26 Å². The number of aryl methyl sites for hydroxylation is 1. The summed E-state index contributed by atoms with van der Waals surface area (Å²) in [5.41, 5.74) is 3.71. The Kier molecular flexibility index (Phi) is 5.72. The Balaban J connectivity index is 1.08. The molecule has 3 fully saturated rings. The second-order valence-corrected chi connectivity index (χ2v) is 10.8. The summed E-state index contributed by atoms with van der Waals surface area (Å²) in [6.45, 7) is 4.63. The van der Waals surface area contributed by atoms with Gasteiger partial charge in [-0.15, -0.1) is 5.10 Å². The zero-order valence-corrected chi connectivity index (χ0v) is 21.3. The summed E-state index contributed by atoms with van der Waals surface area (Å²) in [6.07, 6.45) is 5.78. The van der Waals surface area contributed by atoms with E-state index in [0.29, 0.717) is 27.9 Å². The van der Waals surface area contributed by atoms with Gasteiger partial charge in [-0.1, -0.05) is 11.6 Å². The molecule has 9 nitrogen and oxygen atoms in total. The minimum Gasteiger partial charge on any atom is -0.349 e. The van der Waals surface area contributed by atoms with Crippen molar-refractivity contribution in [2.75, 3.05) is 11.4 Å². The van der Waals surface area contributed by atoms with Crippen LogP contribution in [-0.4, -0.2) is 44.4 Å². The number of benzene rings is 1. The van der Waals surface area contributed by atoms with Crippen molar-refractivity contribution in [1.82, 2.24) is 25.3 Å². The van der Waals surface area contributed by atoms with Gasteiger partial charge in [-0.25, -0.2) is 0 Å². The third-order valence-electron chi connectivity index (χ3n) is 7.91. The van der Waals surface area contributed by atoms with E-state index in [0.717, 1.165) is 42.6 Å². The fourth-order valence-electron chi connectivity index (χ4n) is 5.53. The highest BCUT2D eigenvalue weighted by Crippen LogP contribution is 2.47. The molecule has 0 bridgehead atoms. The lowest BCUT2D eigenvalue weighted by Gasteiger charge is -2.36. The minimum absolute atomic E-state index is 0.0313. The number of amides is 2. The third kappa shape index (κ3) is 4.25. The monoisotopic (exact) mass is 515 g/mol. The largest absolute Gasteiger partial charge is 0.349 e. The van der Waals surface area contributed by atoms with Gasteiger partial charge < -0.3 is 5.32 Å². The van der Waals surface area contributed by atoms with Crippen LogP contribution in [0.15, 0.2) is 36.7 Å². The number of piperidine rings is 1. The van der Waals surface area contributed by atoms with Crippen LogP contribution in [0, 0.1) is 30.1 Å². The van der Waals surface area contributed by atoms with Gasteiger partial charge in [0, 0.05) is 29.7 Å². The fraction of sp³-hybridized carbons (Fsp3) is 0.407. The van der Waals surface area contributed by atoms with Crippen LogP contribution in [0.1, 0.15) is 70.9 Å². The van der Waals surface area contributed by atoms with Crippen LogP contribution >= 0.6 is 11.6 Å². The number of nitrogens with zero attached hydrogens (tertiary/aromatic N) is 6. The normalized spacial score (nSPS) is 24.7. The van der Waals surface area contributed by atoms with Crippen molar-refractivity contribution in [2.45, 2.75) is 51.1 Å². The summed E-state index contributed by atoms with van der Waals surface area (Å²) in [6, 6.07) is 9.24. The van der Waals surface area contributed by atoms with Gasteiger partial charge in [0.25, 0.3) is 5.91 Å². The number of nitriles is 1. The SMILES string of the molecule is Cc1cc(N2C[C@H]3C[C@H]3C2=O)nnc1[C@@H](C)n1cc(C(=O)NC2CC(c3cc(Cl)ccc3C#N)C2)cn1. The topological polar surface area (TPSA) is 117 Å². The van der Waals surface area contributed by atoms with E-state index in [4.69, 9.17) is 11.6 Å². The van der Waals surface area contributed by atoms with Gasteiger partial charge in [0.15, 0.2) is 5.82 Å². The van der Waals surface area contributed by atoms with Gasteiger partial charge in [-0.2, -0.15) is 15.5 Å². The molecule has 3 aromatic rings. The molecule has 2 aliphatic carbocycles. The van der Waals surface area contributed by atoms with Crippen molar-refractivity contribution in [3.05, 3.63) is 69.6 Å². The number of rotatable bonds is 6. The van der Waals surface area contributed by atoms with Gasteiger partial charge in [-0.3, -0.25) is 19.2 Å². The first kappa shape index (κ1) is 23.6. The number of carbonyl (C=O) groups is 2. The third-order valence-corrected chi connectivity index (χ3v) is 8.15. The molecule has 3 aliphatic rings. The Morgan fingerprint density at radius 2 is 2.05 bits per heavy atom. The maximum atomic E-state index is 12.9. The Morgan fingerprint density at radius 1 is 1.24 bits per heavy atom. The van der Waals surface area contributed by atoms with Crippen molar-refractivity contribution in [3.8, 4) is 6.07 Å². The maximum absolute atomic E-state index is 12.9. The molecular formula is C27H26ClN7O2. The van der Waals surface area contributed by atoms with E-state index < -0.39 is 0 Å². The first-order valence-corrected chi connectivity index (χ1v) is 12.9. The molecular weight excluding hydrogens is 490 g/mol. The number of hydrogen-bond donors (Lipinski definition) is 1. The zero-order valence-electron chi connectivity index (χ0n) is 20.6. The number of hydrogen-bond acceptors (Lipinski definition) is 6. The number of nitrogens with one attached hydrogen (secondary N) is 1. The van der Waals surface area contributed by atoms with Gasteiger partial charge in [-0.05, 0) is 80.3 Å². The van der Waals surface area contributed by atoms with Gasteiger partial charge >= 0.3 is 0 Å². The van der Waals surface area contributed by atoms with E-state index in [1.54, 1.807) is 34.1 Å². The Morgan fingerprint density at radius 3 is 2.76 bits per heavy atom. The first-order valence-electron chi connectivity index (χ1n) is 12.5. The van der Waals surface area contributed by atoms with Crippen LogP contribution in [-0.2, 0) is 4.79 Å². The molecule has 2 saturated carbocycles. The highest BCUT2D eigenvalue weighted by Gasteiger charge is 2.53. The van der Waals surface area contributed by atoms with Crippen LogP contribution in [0.3, 0.4) is 0 Å². The standard InChI is InChI=1S/C27H26ClN7O2/c1-14-5-24(34-12-18-8-23(18)27(34)37)32-33-25(14)15(2)35-13-19(11-30-35)26(36)31-21-6-17(7-21)22-9-20(28)4-3-16(22)10-29/h3-5,9,11,13,15,17-18,21,23H,6-8,12H2,1-2H3,(H,31,36)/t15-,17?,18-,21?,23-/m1/s1. The fourth-order valence-corrected chi connectivity index (χ4v) is 5.71. The number of halogens is 1. The van der Waals surface area contributed by atoms with Crippen molar-refractivity contribution < 1.29 is 9.59 Å². The molecule has 0 unspecified atom stereocenters. The summed E-state index contributed by atoms with van der Waals surface area (Å²) >= 11 is 6.12. The predicted molar refractivity (Wildman–Crippen MR) is 136 cm³/mol. The van der Waals surface area contributed by atoms with E-state index in [2.05, 4.69) is 26.7 Å². The second-order valence-electron chi connectivity index (χ2n) is 10.4. The van der Waals surface area contributed by atoms with Crippen LogP contribution in [0.5, 0.6) is 0 Å². The quantitative estimate of drug-likeness (QED) is 0.534. The maximum Gasteiger partial charge on any atom is 0.254 e. The lowest BCUT2D eigenvalue weighted by Crippen LogP contribution is -2.43. The molecule has 2 aromatic heterocycles. The van der Waals surface area contributed by atoms with Gasteiger partial charge in [0.05, 0.1) is 35.1 Å². The minimum atomic E-state index is -0.230. The Bertz CT molecular complexity index is 1460. The van der Waals surface area contributed by atoms with Crippen LogP contribution < -0.4 is 10.2 Å². The number of anilines is 1. The zero-order chi connectivity index (χ0) is 25.8. The molecule has 3 atom stereocenters. The van der Waals surface area contributed by atoms with Gasteiger partial charge in [0.2, 0.25) is 5.91 Å². The number of fused-ring (bicyclic) bond motifs is 1. The predicted octanol–water partition coefficient (Wildman–Crippen LogP) is 3.77. The lowest BCUT2D eigenvalue weighted by atomic mass is 9.74. The van der Waals surface area contributed by atoms with Crippen LogP contribution in [0.25, 0.3) is 0 Å². The molecule has 6 rings (SSSR count). The summed E-state index contributed by atoms with van der Waals surface area (Å²) in [4.78, 5) is 27.0. The summed E-state index contributed by atoms with van der Waals surface area (Å²) in [7, 11) is 0. The summed E-state index contributed by atoms with van der Waals surface area (Å²) < 4.78 is 1.70. The highest BCUT2D eigenvalue weighted by molar-refractivity contribution is 6.30. The molecule has 10 heteroatoms. The molecule has 3 heterocycles. The summed E-state index contributed by atoms with van der Waals surface area (Å²) in [5.74, 6) is 1.42. The lowest BCUT2D eigenvalue weighted by molar-refractivity contribution is -0.118. The molecule has 1 aliphatic heterocycles. The van der Waals surface area contributed by atoms with Crippen molar-refractivity contribution >= 4 is 29.2 Å². The molecule has 1 N–H and O–H groups in total. The van der Waals surface area contributed by atoms with E-state index in [1.165, 1.54) is 0 Å². The number of aromatic nitrogens is 4. The average Bonchev–Trinajstić information content (AvgIpc) is 3.31. The molecule has 1 saturated heterocycles. The van der Waals surface area contributed by atoms with Crippen LogP contribution in [0.2, 0.25) is 5.02 Å². The average molecular weight is 516 g/mol. The van der Waals surface area contributed by atoms with Crippen LogP contribution in [0.4, 0.5) is 5.82 Å². The molecule has 2 amide bonds. The van der Waals surface area contributed by atoms with E-state index in [1.807, 2.05) is 26.0 Å². The highest BCUT2D eigenvalue weighted by atomic mass is 35.5. The number of carbonyl (C=O) groups excluding carboxylic acids is 2. The molecule has 37 heavy (non-hydrogen) atoms.